The average Bonchev–Trinajstić information content (AvgIpc) is 3.05. The van der Waals surface area contributed by atoms with Crippen LogP contribution in [0.4, 0.5) is 5.69 Å². The maximum absolute atomic E-state index is 4.78. The zero-order valence-corrected chi connectivity index (χ0v) is 17.9. The molecule has 26 heavy (non-hydrogen) atoms. The van der Waals surface area contributed by atoms with E-state index in [0.717, 1.165) is 24.7 Å². The number of aryl methyl sites for hydroxylation is 1. The zero-order valence-electron chi connectivity index (χ0n) is 15.6. The van der Waals surface area contributed by atoms with Gasteiger partial charge in [0.2, 0.25) is 0 Å². The Balaban J connectivity index is 0.00000243. The van der Waals surface area contributed by atoms with Crippen LogP contribution in [0.2, 0.25) is 0 Å². The number of nitrogens with zero attached hydrogens (tertiary/aromatic N) is 2. The molecule has 4 nitrogen and oxygen atoms in total. The number of hydrogen-bond donors (Lipinski definition) is 2. The fourth-order valence-corrected chi connectivity index (χ4v) is 3.10. The van der Waals surface area contributed by atoms with Crippen LogP contribution in [0.25, 0.3) is 0 Å². The molecule has 2 aromatic rings. The van der Waals surface area contributed by atoms with Gasteiger partial charge in [-0.2, -0.15) is 0 Å². The topological polar surface area (TPSA) is 39.7 Å². The minimum absolute atomic E-state index is 0. The average molecular weight is 464 g/mol. The van der Waals surface area contributed by atoms with Crippen molar-refractivity contribution in [1.29, 1.82) is 0 Å². The molecule has 0 radical (unpaired) electrons. The molecular weight excluding hydrogens is 435 g/mol. The Morgan fingerprint density at radius 3 is 2.50 bits per heavy atom. The van der Waals surface area contributed by atoms with Crippen LogP contribution >= 0.6 is 24.0 Å². The second kappa shape index (κ2) is 10.5. The van der Waals surface area contributed by atoms with E-state index in [9.17, 15) is 0 Å². The largest absolute Gasteiger partial charge is 0.356 e. The van der Waals surface area contributed by atoms with Crippen LogP contribution in [0.5, 0.6) is 0 Å². The summed E-state index contributed by atoms with van der Waals surface area (Å²) in [5, 5.41) is 6.95. The highest BCUT2D eigenvalue weighted by Crippen LogP contribution is 2.13. The summed E-state index contributed by atoms with van der Waals surface area (Å²) in [5.74, 6) is 1.54. The van der Waals surface area contributed by atoms with E-state index in [4.69, 9.17) is 4.99 Å². The standard InChI is InChI=1S/C21H28N4.HI/c1-17-8-10-18(11-9-17)14-22-21(24-20-6-4-3-5-7-20)23-15-19-12-13-25(2)16-19;/h3-11,19H,12-16H2,1-2H3,(H2,22,23,24);1H. The Hall–Kier alpha value is -1.60. The van der Waals surface area contributed by atoms with Crippen LogP contribution in [-0.4, -0.2) is 37.5 Å². The highest BCUT2D eigenvalue weighted by Gasteiger charge is 2.19. The van der Waals surface area contributed by atoms with Gasteiger partial charge in [-0.05, 0) is 50.6 Å². The molecule has 1 aliphatic rings. The van der Waals surface area contributed by atoms with E-state index < -0.39 is 0 Å². The van der Waals surface area contributed by atoms with Crippen molar-refractivity contribution in [1.82, 2.24) is 10.2 Å². The van der Waals surface area contributed by atoms with E-state index in [1.165, 1.54) is 24.1 Å². The van der Waals surface area contributed by atoms with Gasteiger partial charge in [-0.1, -0.05) is 48.0 Å². The number of halogens is 1. The van der Waals surface area contributed by atoms with E-state index in [1.54, 1.807) is 0 Å². The number of hydrogen-bond acceptors (Lipinski definition) is 2. The second-order valence-electron chi connectivity index (χ2n) is 6.94. The normalized spacial score (nSPS) is 17.6. The molecule has 1 aliphatic heterocycles. The molecule has 2 aromatic carbocycles. The lowest BCUT2D eigenvalue weighted by atomic mass is 10.1. The first kappa shape index (κ1) is 20.7. The Morgan fingerprint density at radius 1 is 1.12 bits per heavy atom. The molecule has 140 valence electrons. The first-order chi connectivity index (χ1) is 12.2. The monoisotopic (exact) mass is 464 g/mol. The number of aliphatic imine (C=N–C) groups is 1. The van der Waals surface area contributed by atoms with Gasteiger partial charge < -0.3 is 15.5 Å². The van der Waals surface area contributed by atoms with Crippen LogP contribution in [0, 0.1) is 12.8 Å². The van der Waals surface area contributed by atoms with Gasteiger partial charge in [-0.25, -0.2) is 4.99 Å². The van der Waals surface area contributed by atoms with Gasteiger partial charge in [0.1, 0.15) is 0 Å². The maximum Gasteiger partial charge on any atom is 0.196 e. The van der Waals surface area contributed by atoms with Crippen LogP contribution in [0.1, 0.15) is 17.5 Å². The summed E-state index contributed by atoms with van der Waals surface area (Å²) in [6.07, 6.45) is 1.25. The molecule has 1 saturated heterocycles. The first-order valence-electron chi connectivity index (χ1n) is 9.03. The third-order valence-corrected chi connectivity index (χ3v) is 4.62. The van der Waals surface area contributed by atoms with Gasteiger partial charge in [-0.15, -0.1) is 24.0 Å². The van der Waals surface area contributed by atoms with Crippen molar-refractivity contribution in [3.8, 4) is 0 Å². The minimum atomic E-state index is 0. The third kappa shape index (κ3) is 6.61. The lowest BCUT2D eigenvalue weighted by molar-refractivity contribution is 0.394. The highest BCUT2D eigenvalue weighted by molar-refractivity contribution is 14.0. The summed E-state index contributed by atoms with van der Waals surface area (Å²) in [6, 6.07) is 18.8. The molecule has 0 bridgehead atoms. The van der Waals surface area contributed by atoms with E-state index in [-0.39, 0.29) is 24.0 Å². The Morgan fingerprint density at radius 2 is 1.85 bits per heavy atom. The molecule has 1 heterocycles. The van der Waals surface area contributed by atoms with Crippen molar-refractivity contribution in [2.45, 2.75) is 19.9 Å². The zero-order chi connectivity index (χ0) is 17.5. The fraction of sp³-hybridized carbons (Fsp3) is 0.381. The van der Waals surface area contributed by atoms with Crippen LogP contribution in [0.15, 0.2) is 59.6 Å². The van der Waals surface area contributed by atoms with E-state index in [2.05, 4.69) is 65.9 Å². The number of benzene rings is 2. The Labute approximate surface area is 174 Å². The van der Waals surface area contributed by atoms with Crippen molar-refractivity contribution in [3.63, 3.8) is 0 Å². The second-order valence-corrected chi connectivity index (χ2v) is 6.94. The molecule has 1 fully saturated rings. The molecule has 0 aliphatic carbocycles. The molecular formula is C21H29IN4. The van der Waals surface area contributed by atoms with Gasteiger partial charge in [0.05, 0.1) is 6.54 Å². The van der Waals surface area contributed by atoms with Gasteiger partial charge in [0.25, 0.3) is 0 Å². The molecule has 0 spiro atoms. The van der Waals surface area contributed by atoms with Gasteiger partial charge in [0, 0.05) is 18.8 Å². The number of guanidine groups is 1. The number of rotatable bonds is 5. The molecule has 5 heteroatoms. The van der Waals surface area contributed by atoms with Gasteiger partial charge in [-0.3, -0.25) is 0 Å². The summed E-state index contributed by atoms with van der Waals surface area (Å²) in [4.78, 5) is 7.17. The number of para-hydroxylation sites is 1. The lowest BCUT2D eigenvalue weighted by Gasteiger charge is -2.16. The number of likely N-dealkylation sites (tertiary alicyclic amines) is 1. The summed E-state index contributed by atoms with van der Waals surface area (Å²) in [6.45, 7) is 6.08. The highest BCUT2D eigenvalue weighted by atomic mass is 127. The van der Waals surface area contributed by atoms with Crippen molar-refractivity contribution >= 4 is 35.6 Å². The third-order valence-electron chi connectivity index (χ3n) is 4.62. The van der Waals surface area contributed by atoms with Crippen LogP contribution in [-0.2, 0) is 6.54 Å². The van der Waals surface area contributed by atoms with Crippen molar-refractivity contribution in [3.05, 3.63) is 65.7 Å². The van der Waals surface area contributed by atoms with Crippen molar-refractivity contribution in [2.24, 2.45) is 10.9 Å². The Kier molecular flexibility index (Phi) is 8.38. The molecule has 3 rings (SSSR count). The number of nitrogens with one attached hydrogen (secondary N) is 2. The number of anilines is 1. The van der Waals surface area contributed by atoms with Crippen molar-refractivity contribution in [2.75, 3.05) is 32.0 Å². The van der Waals surface area contributed by atoms with Gasteiger partial charge in [0.15, 0.2) is 5.96 Å². The molecule has 1 unspecified atom stereocenters. The van der Waals surface area contributed by atoms with Gasteiger partial charge >= 0.3 is 0 Å². The van der Waals surface area contributed by atoms with Crippen molar-refractivity contribution < 1.29 is 0 Å². The van der Waals surface area contributed by atoms with Crippen LogP contribution < -0.4 is 10.6 Å². The van der Waals surface area contributed by atoms with Crippen LogP contribution in [0.3, 0.4) is 0 Å². The maximum atomic E-state index is 4.78. The first-order valence-corrected chi connectivity index (χ1v) is 9.03. The predicted molar refractivity (Wildman–Crippen MR) is 121 cm³/mol. The summed E-state index contributed by atoms with van der Waals surface area (Å²) < 4.78 is 0. The fourth-order valence-electron chi connectivity index (χ4n) is 3.10. The quantitative estimate of drug-likeness (QED) is 0.397. The molecule has 0 amide bonds. The van der Waals surface area contributed by atoms with E-state index in [1.807, 2.05) is 18.2 Å². The predicted octanol–water partition coefficient (Wildman–Crippen LogP) is 4.12. The molecule has 0 aromatic heterocycles. The smallest absolute Gasteiger partial charge is 0.196 e. The lowest BCUT2D eigenvalue weighted by Crippen LogP contribution is -2.35. The Bertz CT molecular complexity index is 685. The molecule has 1 atom stereocenters. The summed E-state index contributed by atoms with van der Waals surface area (Å²) >= 11 is 0. The van der Waals surface area contributed by atoms with E-state index >= 15 is 0 Å². The van der Waals surface area contributed by atoms with E-state index in [0.29, 0.717) is 12.5 Å². The summed E-state index contributed by atoms with van der Waals surface area (Å²) in [5.41, 5.74) is 3.56. The SMILES string of the molecule is Cc1ccc(CN=C(NCC2CCN(C)C2)Nc2ccccc2)cc1.I. The molecule has 0 saturated carbocycles. The molecule has 2 N–H and O–H groups in total. The minimum Gasteiger partial charge on any atom is -0.356 e. The summed E-state index contributed by atoms with van der Waals surface area (Å²) in [7, 11) is 2.19.